The van der Waals surface area contributed by atoms with E-state index in [2.05, 4.69) is 25.8 Å². The Morgan fingerprint density at radius 1 is 1.26 bits per heavy atom. The van der Waals surface area contributed by atoms with Crippen LogP contribution < -0.4 is 0 Å². The molecule has 0 N–H and O–H groups in total. The van der Waals surface area contributed by atoms with Gasteiger partial charge < -0.3 is 4.74 Å². The molecule has 1 aliphatic heterocycles. The van der Waals surface area contributed by atoms with Gasteiger partial charge in [0, 0.05) is 11.6 Å². The second kappa shape index (κ2) is 3.38. The van der Waals surface area contributed by atoms with Crippen LogP contribution in [0.4, 0.5) is 0 Å². The fraction of sp³-hybridized carbons (Fsp3) is 0.625. The van der Waals surface area contributed by atoms with Gasteiger partial charge in [-0.1, -0.05) is 26.8 Å². The van der Waals surface area contributed by atoms with E-state index in [0.29, 0.717) is 17.4 Å². The summed E-state index contributed by atoms with van der Waals surface area (Å²) < 4.78 is 6.23. The Hall–Kier alpha value is -1.38. The van der Waals surface area contributed by atoms with Crippen molar-refractivity contribution in [2.75, 3.05) is 0 Å². The van der Waals surface area contributed by atoms with E-state index in [1.165, 1.54) is 12.8 Å². The molecule has 2 saturated carbocycles. The van der Waals surface area contributed by atoms with Crippen LogP contribution in [0.25, 0.3) is 0 Å². The van der Waals surface area contributed by atoms with Crippen molar-refractivity contribution in [3.05, 3.63) is 30.1 Å². The lowest BCUT2D eigenvalue weighted by atomic mass is 9.70. The predicted octanol–water partition coefficient (Wildman–Crippen LogP) is 3.05. The monoisotopic (exact) mass is 256 g/mol. The fourth-order valence-electron chi connectivity index (χ4n) is 4.52. The van der Waals surface area contributed by atoms with Gasteiger partial charge in [0.2, 0.25) is 5.90 Å². The van der Waals surface area contributed by atoms with Gasteiger partial charge >= 0.3 is 0 Å². The van der Waals surface area contributed by atoms with E-state index in [4.69, 9.17) is 9.73 Å². The average Bonchev–Trinajstić information content (AvgIpc) is 2.97. The van der Waals surface area contributed by atoms with Crippen LogP contribution in [-0.2, 0) is 4.74 Å². The minimum atomic E-state index is 0.248. The Labute approximate surface area is 114 Å². The number of nitrogens with zero attached hydrogens (tertiary/aromatic N) is 2. The summed E-state index contributed by atoms with van der Waals surface area (Å²) in [5, 5.41) is 0. The van der Waals surface area contributed by atoms with Crippen LogP contribution in [0.3, 0.4) is 0 Å². The Morgan fingerprint density at radius 2 is 2.11 bits per heavy atom. The maximum absolute atomic E-state index is 6.23. The number of hydrogen-bond acceptors (Lipinski definition) is 3. The molecule has 0 spiro atoms. The first-order valence-electron chi connectivity index (χ1n) is 7.20. The Kier molecular flexibility index (Phi) is 2.04. The third-order valence-corrected chi connectivity index (χ3v) is 6.11. The van der Waals surface area contributed by atoms with E-state index in [1.807, 2.05) is 18.2 Å². The zero-order valence-electron chi connectivity index (χ0n) is 11.8. The molecule has 0 saturated heterocycles. The molecule has 1 aromatic heterocycles. The molecule has 0 unspecified atom stereocenters. The van der Waals surface area contributed by atoms with Crippen LogP contribution in [0.2, 0.25) is 0 Å². The van der Waals surface area contributed by atoms with Crippen molar-refractivity contribution in [1.82, 2.24) is 4.98 Å². The van der Waals surface area contributed by atoms with Gasteiger partial charge in [-0.15, -0.1) is 0 Å². The molecule has 3 nitrogen and oxygen atoms in total. The number of fused-ring (bicyclic) bond motifs is 5. The van der Waals surface area contributed by atoms with Gasteiger partial charge in [-0.25, -0.2) is 4.99 Å². The van der Waals surface area contributed by atoms with Crippen LogP contribution in [0, 0.1) is 16.7 Å². The van der Waals surface area contributed by atoms with Gasteiger partial charge in [-0.05, 0) is 36.3 Å². The molecule has 4 atom stereocenters. The van der Waals surface area contributed by atoms with E-state index >= 15 is 0 Å². The van der Waals surface area contributed by atoms with Gasteiger partial charge in [-0.2, -0.15) is 0 Å². The minimum Gasteiger partial charge on any atom is -0.470 e. The van der Waals surface area contributed by atoms with Crippen molar-refractivity contribution in [3.8, 4) is 0 Å². The van der Waals surface area contributed by atoms with Gasteiger partial charge in [0.05, 0.1) is 6.04 Å². The predicted molar refractivity (Wildman–Crippen MR) is 74.0 cm³/mol. The van der Waals surface area contributed by atoms with E-state index < -0.39 is 0 Å². The molecule has 3 heteroatoms. The second-order valence-corrected chi connectivity index (χ2v) is 6.96. The Morgan fingerprint density at radius 3 is 2.79 bits per heavy atom. The number of ether oxygens (including phenoxy) is 1. The van der Waals surface area contributed by atoms with Crippen molar-refractivity contribution < 1.29 is 4.74 Å². The van der Waals surface area contributed by atoms with Crippen LogP contribution in [0.15, 0.2) is 29.4 Å². The lowest BCUT2D eigenvalue weighted by Crippen LogP contribution is -2.39. The minimum absolute atomic E-state index is 0.248. The lowest BCUT2D eigenvalue weighted by molar-refractivity contribution is 0.0284. The second-order valence-electron chi connectivity index (χ2n) is 6.96. The number of aromatic nitrogens is 1. The van der Waals surface area contributed by atoms with E-state index in [-0.39, 0.29) is 11.5 Å². The summed E-state index contributed by atoms with van der Waals surface area (Å²) >= 11 is 0. The van der Waals surface area contributed by atoms with Crippen LogP contribution >= 0.6 is 0 Å². The Balaban J connectivity index is 1.73. The number of aliphatic imine (C=N–C) groups is 1. The smallest absolute Gasteiger partial charge is 0.236 e. The first kappa shape index (κ1) is 11.4. The number of pyridine rings is 1. The quantitative estimate of drug-likeness (QED) is 0.774. The van der Waals surface area contributed by atoms with Crippen molar-refractivity contribution in [3.63, 3.8) is 0 Å². The van der Waals surface area contributed by atoms with Gasteiger partial charge in [0.1, 0.15) is 11.8 Å². The first-order valence-corrected chi connectivity index (χ1v) is 7.20. The van der Waals surface area contributed by atoms with E-state index in [9.17, 15) is 0 Å². The zero-order valence-corrected chi connectivity index (χ0v) is 11.8. The molecule has 0 radical (unpaired) electrons. The molecule has 2 bridgehead atoms. The van der Waals surface area contributed by atoms with Gasteiger partial charge in [0.25, 0.3) is 0 Å². The van der Waals surface area contributed by atoms with Crippen LogP contribution in [0.5, 0.6) is 0 Å². The molecule has 0 amide bonds. The topological polar surface area (TPSA) is 34.5 Å². The zero-order chi connectivity index (χ0) is 13.3. The molecule has 19 heavy (non-hydrogen) atoms. The average molecular weight is 256 g/mol. The highest BCUT2D eigenvalue weighted by atomic mass is 16.5. The largest absolute Gasteiger partial charge is 0.470 e. The molecule has 100 valence electrons. The van der Waals surface area contributed by atoms with E-state index in [1.54, 1.807) is 6.20 Å². The molecule has 3 aliphatic rings. The Bertz CT molecular complexity index is 551. The van der Waals surface area contributed by atoms with Crippen LogP contribution in [-0.4, -0.2) is 23.0 Å². The molecular formula is C16H20N2O. The maximum atomic E-state index is 6.23. The fourth-order valence-corrected chi connectivity index (χ4v) is 4.52. The molecule has 2 heterocycles. The summed E-state index contributed by atoms with van der Waals surface area (Å²) in [6.45, 7) is 7.17. The van der Waals surface area contributed by atoms with E-state index in [0.717, 1.165) is 11.6 Å². The highest BCUT2D eigenvalue weighted by Crippen LogP contribution is 2.68. The van der Waals surface area contributed by atoms with Crippen molar-refractivity contribution in [1.29, 1.82) is 0 Å². The molecule has 0 aromatic carbocycles. The van der Waals surface area contributed by atoms with Crippen LogP contribution in [0.1, 0.15) is 39.3 Å². The third kappa shape index (κ3) is 1.24. The molecule has 2 aliphatic carbocycles. The van der Waals surface area contributed by atoms with Gasteiger partial charge in [0.15, 0.2) is 0 Å². The number of rotatable bonds is 1. The molecule has 1 aromatic rings. The molecular weight excluding hydrogens is 236 g/mol. The molecule has 4 rings (SSSR count). The standard InChI is InChI=1S/C16H20N2O/c1-15(2)10-7-8-16(15,3)13-12(10)18-14(19-13)11-6-4-5-9-17-11/h4-6,9-10,12-13H,7-8H2,1-3H3/t10-,12-,13-,16+/m1/s1. The summed E-state index contributed by atoms with van der Waals surface area (Å²) in [6, 6.07) is 6.23. The summed E-state index contributed by atoms with van der Waals surface area (Å²) in [5.74, 6) is 1.41. The summed E-state index contributed by atoms with van der Waals surface area (Å²) in [5.41, 5.74) is 1.46. The normalized spacial score (nSPS) is 41.8. The first-order chi connectivity index (χ1) is 9.04. The van der Waals surface area contributed by atoms with Crippen molar-refractivity contribution >= 4 is 5.90 Å². The third-order valence-electron chi connectivity index (χ3n) is 6.11. The molecule has 2 fully saturated rings. The number of hydrogen-bond donors (Lipinski definition) is 0. The maximum Gasteiger partial charge on any atom is 0.236 e. The highest BCUT2D eigenvalue weighted by molar-refractivity contribution is 5.93. The van der Waals surface area contributed by atoms with Crippen molar-refractivity contribution in [2.24, 2.45) is 21.7 Å². The summed E-state index contributed by atoms with van der Waals surface area (Å²) in [7, 11) is 0. The summed E-state index contributed by atoms with van der Waals surface area (Å²) in [6.07, 6.45) is 4.60. The van der Waals surface area contributed by atoms with Gasteiger partial charge in [-0.3, -0.25) is 4.98 Å². The van der Waals surface area contributed by atoms with Crippen molar-refractivity contribution in [2.45, 2.75) is 45.8 Å². The summed E-state index contributed by atoms with van der Waals surface area (Å²) in [4.78, 5) is 9.24. The lowest BCUT2D eigenvalue weighted by Gasteiger charge is -2.37. The highest BCUT2D eigenvalue weighted by Gasteiger charge is 2.69. The SMILES string of the molecule is CC1(C)[C@@H]2CC[C@@]1(C)[C@@H]1OC(c3ccccn3)=N[C@H]21.